The van der Waals surface area contributed by atoms with Crippen molar-refractivity contribution in [3.63, 3.8) is 0 Å². The van der Waals surface area contributed by atoms with Gasteiger partial charge in [0.1, 0.15) is 0 Å². The molecule has 3 atom stereocenters. The summed E-state index contributed by atoms with van der Waals surface area (Å²) in [7, 11) is 0. The maximum Gasteiger partial charge on any atom is 0.0572 e. The molecule has 0 amide bonds. The van der Waals surface area contributed by atoms with E-state index in [2.05, 4.69) is 18.7 Å². The Kier molecular flexibility index (Phi) is 1.54. The highest BCUT2D eigenvalue weighted by Gasteiger charge is 2.32. The number of nitrogens with two attached hydrogens (primary N) is 1. The molecule has 1 saturated heterocycles. The molecule has 2 N–H and O–H groups in total. The summed E-state index contributed by atoms with van der Waals surface area (Å²) in [6.07, 6.45) is 1.40. The van der Waals surface area contributed by atoms with Gasteiger partial charge in [-0.1, -0.05) is 6.92 Å². The van der Waals surface area contributed by atoms with Crippen LogP contribution in [0.3, 0.4) is 0 Å². The Morgan fingerprint density at radius 3 is 2.50 bits per heavy atom. The Balaban J connectivity index is 2.18. The molecule has 48 valence electrons. The molecular formula is C6H14N2. The first-order chi connectivity index (χ1) is 3.75. The smallest absolute Gasteiger partial charge is 0.0572 e. The number of rotatable bonds is 2. The van der Waals surface area contributed by atoms with Crippen LogP contribution in [-0.2, 0) is 0 Å². The average molecular weight is 114 g/mol. The van der Waals surface area contributed by atoms with Crippen LogP contribution in [0.25, 0.3) is 0 Å². The molecule has 0 saturated carbocycles. The lowest BCUT2D eigenvalue weighted by Crippen LogP contribution is -2.28. The monoisotopic (exact) mass is 114 g/mol. The molecule has 0 aromatic carbocycles. The number of hydrogen-bond donors (Lipinski definition) is 1. The molecule has 0 aromatic heterocycles. The molecule has 1 aliphatic rings. The van der Waals surface area contributed by atoms with Crippen molar-refractivity contribution >= 4 is 0 Å². The summed E-state index contributed by atoms with van der Waals surface area (Å²) in [6.45, 7) is 5.53. The summed E-state index contributed by atoms with van der Waals surface area (Å²) in [5.74, 6) is 0. The predicted molar refractivity (Wildman–Crippen MR) is 34.4 cm³/mol. The van der Waals surface area contributed by atoms with Crippen LogP contribution in [0, 0.1) is 0 Å². The lowest BCUT2D eigenvalue weighted by Gasteiger charge is -2.08. The summed E-state index contributed by atoms with van der Waals surface area (Å²) in [5.41, 5.74) is 5.69. The van der Waals surface area contributed by atoms with Crippen LogP contribution in [-0.4, -0.2) is 23.7 Å². The molecule has 1 rings (SSSR count). The Morgan fingerprint density at radius 1 is 1.88 bits per heavy atom. The second-order valence-electron chi connectivity index (χ2n) is 2.52. The van der Waals surface area contributed by atoms with Crippen molar-refractivity contribution in [2.24, 2.45) is 5.73 Å². The summed E-state index contributed by atoms with van der Waals surface area (Å²) in [6, 6.07) is 0.755. The van der Waals surface area contributed by atoms with Gasteiger partial charge in [-0.2, -0.15) is 0 Å². The minimum Gasteiger partial charge on any atom is -0.316 e. The van der Waals surface area contributed by atoms with Gasteiger partial charge in [0.15, 0.2) is 0 Å². The third kappa shape index (κ3) is 1.01. The molecule has 2 nitrogen and oxygen atoms in total. The van der Waals surface area contributed by atoms with E-state index in [0.29, 0.717) is 6.17 Å². The minimum atomic E-state index is 0.324. The normalized spacial score (nSPS) is 39.4. The first-order valence-electron chi connectivity index (χ1n) is 3.27. The van der Waals surface area contributed by atoms with Crippen LogP contribution in [0.2, 0.25) is 0 Å². The third-order valence-electron chi connectivity index (χ3n) is 1.75. The Morgan fingerprint density at radius 2 is 2.38 bits per heavy atom. The molecule has 0 spiro atoms. The molecule has 0 radical (unpaired) electrons. The van der Waals surface area contributed by atoms with E-state index in [4.69, 9.17) is 5.73 Å². The third-order valence-corrected chi connectivity index (χ3v) is 1.75. The van der Waals surface area contributed by atoms with Gasteiger partial charge in [0, 0.05) is 12.6 Å². The van der Waals surface area contributed by atoms with Gasteiger partial charge in [0.25, 0.3) is 0 Å². The van der Waals surface area contributed by atoms with Crippen molar-refractivity contribution in [3.8, 4) is 0 Å². The zero-order valence-electron chi connectivity index (χ0n) is 5.59. The molecule has 0 bridgehead atoms. The van der Waals surface area contributed by atoms with Crippen LogP contribution >= 0.6 is 0 Å². The Hall–Kier alpha value is -0.0800. The van der Waals surface area contributed by atoms with Crippen LogP contribution in [0.1, 0.15) is 20.3 Å². The molecule has 2 heteroatoms. The van der Waals surface area contributed by atoms with Gasteiger partial charge in [0.05, 0.1) is 6.17 Å². The predicted octanol–water partition coefficient (Wildman–Crippen LogP) is 0.385. The van der Waals surface area contributed by atoms with Crippen LogP contribution in [0.5, 0.6) is 0 Å². The van der Waals surface area contributed by atoms with Gasteiger partial charge in [-0.15, -0.1) is 0 Å². The number of hydrogen-bond acceptors (Lipinski definition) is 2. The zero-order chi connectivity index (χ0) is 6.15. The van der Waals surface area contributed by atoms with E-state index >= 15 is 0 Å². The lowest BCUT2D eigenvalue weighted by atomic mass is 10.4. The number of nitrogens with zero attached hydrogens (tertiary/aromatic N) is 1. The van der Waals surface area contributed by atoms with Crippen molar-refractivity contribution < 1.29 is 0 Å². The topological polar surface area (TPSA) is 29.0 Å². The van der Waals surface area contributed by atoms with E-state index in [0.717, 1.165) is 12.5 Å². The summed E-state index contributed by atoms with van der Waals surface area (Å²) in [4.78, 5) is 2.29. The van der Waals surface area contributed by atoms with Crippen molar-refractivity contribution in [1.82, 2.24) is 4.90 Å². The van der Waals surface area contributed by atoms with Crippen molar-refractivity contribution in [3.05, 3.63) is 0 Å². The van der Waals surface area contributed by atoms with E-state index in [-0.39, 0.29) is 0 Å². The SMILES string of the molecule is CCC(N)N1CC1C. The molecule has 1 fully saturated rings. The van der Waals surface area contributed by atoms with E-state index in [1.165, 1.54) is 6.54 Å². The Labute approximate surface area is 50.7 Å². The maximum absolute atomic E-state index is 5.69. The molecule has 8 heavy (non-hydrogen) atoms. The van der Waals surface area contributed by atoms with Gasteiger partial charge in [0.2, 0.25) is 0 Å². The Bertz CT molecular complexity index is 80.6. The standard InChI is InChI=1S/C6H14N2/c1-3-6(7)8-4-5(8)2/h5-6H,3-4,7H2,1-2H3. The highest BCUT2D eigenvalue weighted by molar-refractivity contribution is 4.87. The van der Waals surface area contributed by atoms with Crippen LogP contribution < -0.4 is 5.73 Å². The molecule has 1 aliphatic heterocycles. The summed E-state index contributed by atoms with van der Waals surface area (Å²) in [5, 5.41) is 0. The van der Waals surface area contributed by atoms with Crippen molar-refractivity contribution in [2.75, 3.05) is 6.54 Å². The minimum absolute atomic E-state index is 0.324. The van der Waals surface area contributed by atoms with E-state index in [1.807, 2.05) is 0 Å². The van der Waals surface area contributed by atoms with Crippen molar-refractivity contribution in [2.45, 2.75) is 32.5 Å². The summed E-state index contributed by atoms with van der Waals surface area (Å²) >= 11 is 0. The first-order valence-corrected chi connectivity index (χ1v) is 3.27. The fourth-order valence-electron chi connectivity index (χ4n) is 0.955. The fraction of sp³-hybridized carbons (Fsp3) is 1.00. The van der Waals surface area contributed by atoms with Gasteiger partial charge in [-0.25, -0.2) is 0 Å². The molecular weight excluding hydrogens is 100 g/mol. The van der Waals surface area contributed by atoms with Gasteiger partial charge in [-0.3, -0.25) is 4.90 Å². The van der Waals surface area contributed by atoms with Gasteiger partial charge < -0.3 is 5.73 Å². The molecule has 1 heterocycles. The lowest BCUT2D eigenvalue weighted by molar-refractivity contribution is 0.375. The quantitative estimate of drug-likeness (QED) is 0.526. The molecule has 0 aliphatic carbocycles. The van der Waals surface area contributed by atoms with Crippen molar-refractivity contribution in [1.29, 1.82) is 0 Å². The maximum atomic E-state index is 5.69. The second-order valence-corrected chi connectivity index (χ2v) is 2.52. The van der Waals surface area contributed by atoms with E-state index < -0.39 is 0 Å². The summed E-state index contributed by atoms with van der Waals surface area (Å²) < 4.78 is 0. The molecule has 3 unspecified atom stereocenters. The molecule has 0 aromatic rings. The van der Waals surface area contributed by atoms with Crippen LogP contribution in [0.4, 0.5) is 0 Å². The van der Waals surface area contributed by atoms with Crippen LogP contribution in [0.15, 0.2) is 0 Å². The average Bonchev–Trinajstić information content (AvgIpc) is 2.45. The van der Waals surface area contributed by atoms with Gasteiger partial charge >= 0.3 is 0 Å². The second kappa shape index (κ2) is 2.03. The highest BCUT2D eigenvalue weighted by Crippen LogP contribution is 2.18. The zero-order valence-corrected chi connectivity index (χ0v) is 5.59. The van der Waals surface area contributed by atoms with Gasteiger partial charge in [-0.05, 0) is 13.3 Å². The van der Waals surface area contributed by atoms with E-state index in [9.17, 15) is 0 Å². The first kappa shape index (κ1) is 6.05. The highest BCUT2D eigenvalue weighted by atomic mass is 15.4. The van der Waals surface area contributed by atoms with E-state index in [1.54, 1.807) is 0 Å². The largest absolute Gasteiger partial charge is 0.316 e. The fourth-order valence-corrected chi connectivity index (χ4v) is 0.955.